The second kappa shape index (κ2) is 10.6. The van der Waals surface area contributed by atoms with Crippen molar-refractivity contribution in [3.05, 3.63) is 29.0 Å². The second-order valence-corrected chi connectivity index (χ2v) is 6.46. The summed E-state index contributed by atoms with van der Waals surface area (Å²) < 4.78 is 9.71. The van der Waals surface area contributed by atoms with Gasteiger partial charge in [-0.1, -0.05) is 20.3 Å². The summed E-state index contributed by atoms with van der Waals surface area (Å²) in [6.07, 6.45) is 0.633. The van der Waals surface area contributed by atoms with Gasteiger partial charge >= 0.3 is 11.9 Å². The Hall–Kier alpha value is -2.69. The molecule has 1 aromatic rings. The Morgan fingerprint density at radius 1 is 1.32 bits per heavy atom. The van der Waals surface area contributed by atoms with Crippen LogP contribution in [0.1, 0.15) is 30.6 Å². The monoisotopic (exact) mass is 397 g/mol. The normalized spacial score (nSPS) is 13.8. The third-order valence-electron chi connectivity index (χ3n) is 4.26. The number of nitrogens with one attached hydrogen (secondary N) is 2. The largest absolute Gasteiger partial charge is 0.595 e. The number of carbonyl (C=O) groups excluding carboxylic acids is 3. The highest BCUT2D eigenvalue weighted by atomic mass is 16.8. The standard InChI is InChI=1S/C18H27N3O7/c1-6-11(2)16(18(24)27-5)19-15(22)10-28-17(23)13-9-12(21(25)26)7-8-14(13)20(3)4/h7-9,11,16,21,25H,6,10H2,1-5H3,(H,19,22)/t11-,16+/m0/s1. The van der Waals surface area contributed by atoms with Crippen LogP contribution in [0.3, 0.4) is 0 Å². The van der Waals surface area contributed by atoms with E-state index in [4.69, 9.17) is 9.94 Å². The van der Waals surface area contributed by atoms with E-state index in [1.54, 1.807) is 25.9 Å². The molecule has 0 aliphatic carbocycles. The highest BCUT2D eigenvalue weighted by Crippen LogP contribution is 2.22. The number of benzene rings is 1. The van der Waals surface area contributed by atoms with E-state index in [1.807, 2.05) is 6.92 Å². The lowest BCUT2D eigenvalue weighted by molar-refractivity contribution is -0.991. The van der Waals surface area contributed by atoms with Gasteiger partial charge in [0.25, 0.3) is 5.91 Å². The molecule has 1 unspecified atom stereocenters. The van der Waals surface area contributed by atoms with E-state index in [1.165, 1.54) is 25.3 Å². The summed E-state index contributed by atoms with van der Waals surface area (Å²) in [6, 6.07) is 3.19. The predicted octanol–water partition coefficient (Wildman–Crippen LogP) is 0.0167. The van der Waals surface area contributed by atoms with Gasteiger partial charge in [0.2, 0.25) is 0 Å². The maximum atomic E-state index is 12.4. The van der Waals surface area contributed by atoms with Crippen LogP contribution < -0.4 is 15.4 Å². The molecule has 0 fully saturated rings. The van der Waals surface area contributed by atoms with Gasteiger partial charge < -0.3 is 24.9 Å². The van der Waals surface area contributed by atoms with Gasteiger partial charge in [-0.05, 0) is 12.0 Å². The van der Waals surface area contributed by atoms with Crippen molar-refractivity contribution in [1.29, 1.82) is 0 Å². The molecule has 3 atom stereocenters. The zero-order chi connectivity index (χ0) is 21.4. The van der Waals surface area contributed by atoms with Crippen LogP contribution in [0.15, 0.2) is 18.2 Å². The fraction of sp³-hybridized carbons (Fsp3) is 0.500. The molecule has 0 radical (unpaired) electrons. The van der Waals surface area contributed by atoms with Gasteiger partial charge in [-0.2, -0.15) is 5.23 Å². The van der Waals surface area contributed by atoms with Gasteiger partial charge in [0.05, 0.1) is 18.4 Å². The number of methoxy groups -OCH3 is 1. The van der Waals surface area contributed by atoms with E-state index in [0.29, 0.717) is 12.1 Å². The molecular weight excluding hydrogens is 370 g/mol. The number of esters is 2. The highest BCUT2D eigenvalue weighted by Gasteiger charge is 2.27. The van der Waals surface area contributed by atoms with E-state index in [-0.39, 0.29) is 17.2 Å². The molecule has 10 nitrogen and oxygen atoms in total. The molecule has 3 N–H and O–H groups in total. The molecule has 1 amide bonds. The zero-order valence-electron chi connectivity index (χ0n) is 16.6. The SMILES string of the molecule is CC[C@H](C)[C@@H](NC(=O)COC(=O)c1cc([NH+]([O-])O)ccc1N(C)C)C(=O)OC. The minimum atomic E-state index is -1.19. The lowest BCUT2D eigenvalue weighted by Crippen LogP contribution is -2.99. The molecule has 1 aromatic carbocycles. The topological polar surface area (TPSA) is 133 Å². The lowest BCUT2D eigenvalue weighted by atomic mass is 9.99. The van der Waals surface area contributed by atoms with E-state index >= 15 is 0 Å². The number of amides is 1. The van der Waals surface area contributed by atoms with Crippen molar-refractivity contribution in [2.75, 3.05) is 32.7 Å². The minimum Gasteiger partial charge on any atom is -0.595 e. The van der Waals surface area contributed by atoms with Crippen molar-refractivity contribution in [2.45, 2.75) is 26.3 Å². The van der Waals surface area contributed by atoms with E-state index in [2.05, 4.69) is 10.1 Å². The maximum absolute atomic E-state index is 12.4. The van der Waals surface area contributed by atoms with Gasteiger partial charge in [-0.3, -0.25) is 4.79 Å². The van der Waals surface area contributed by atoms with E-state index in [0.717, 1.165) is 0 Å². The van der Waals surface area contributed by atoms with Crippen LogP contribution in [-0.4, -0.2) is 56.9 Å². The molecule has 0 saturated heterocycles. The van der Waals surface area contributed by atoms with E-state index in [9.17, 15) is 19.6 Å². The van der Waals surface area contributed by atoms with Crippen LogP contribution >= 0.6 is 0 Å². The summed E-state index contributed by atoms with van der Waals surface area (Å²) in [4.78, 5) is 38.0. The lowest BCUT2D eigenvalue weighted by Gasteiger charge is -2.22. The number of anilines is 1. The minimum absolute atomic E-state index is 0.0177. The smallest absolute Gasteiger partial charge is 0.340 e. The van der Waals surface area contributed by atoms with Gasteiger partial charge in [-0.25, -0.2) is 14.8 Å². The molecular formula is C18H27N3O7. The summed E-state index contributed by atoms with van der Waals surface area (Å²) in [7, 11) is 4.60. The molecule has 1 rings (SSSR count). The number of ether oxygens (including phenoxy) is 2. The number of nitrogens with zero attached hydrogens (tertiary/aromatic N) is 1. The number of hydrogen-bond donors (Lipinski definition) is 3. The first-order valence-corrected chi connectivity index (χ1v) is 8.71. The molecule has 0 aliphatic rings. The first-order valence-electron chi connectivity index (χ1n) is 8.71. The molecule has 0 spiro atoms. The first kappa shape index (κ1) is 23.3. The molecule has 156 valence electrons. The Bertz CT molecular complexity index is 706. The molecule has 0 aliphatic heterocycles. The maximum Gasteiger partial charge on any atom is 0.340 e. The van der Waals surface area contributed by atoms with Crippen LogP contribution in [-0.2, 0) is 19.1 Å². The van der Waals surface area contributed by atoms with Crippen molar-refractivity contribution in [3.63, 3.8) is 0 Å². The summed E-state index contributed by atoms with van der Waals surface area (Å²) >= 11 is 0. The summed E-state index contributed by atoms with van der Waals surface area (Å²) in [5, 5.41) is 21.6. The Balaban J connectivity index is 2.87. The van der Waals surface area contributed by atoms with Crippen LogP contribution in [0.4, 0.5) is 11.4 Å². The average Bonchev–Trinajstić information content (AvgIpc) is 2.68. The Morgan fingerprint density at radius 2 is 1.96 bits per heavy atom. The summed E-state index contributed by atoms with van der Waals surface area (Å²) in [5.74, 6) is -2.26. The molecule has 28 heavy (non-hydrogen) atoms. The quantitative estimate of drug-likeness (QED) is 0.392. The summed E-state index contributed by atoms with van der Waals surface area (Å²) in [5.41, 5.74) is 0.385. The third-order valence-corrected chi connectivity index (χ3v) is 4.26. The Morgan fingerprint density at radius 3 is 2.46 bits per heavy atom. The first-order chi connectivity index (χ1) is 13.1. The Kier molecular flexibility index (Phi) is 8.83. The van der Waals surface area contributed by atoms with Crippen LogP contribution in [0.5, 0.6) is 0 Å². The van der Waals surface area contributed by atoms with Crippen LogP contribution in [0.2, 0.25) is 0 Å². The van der Waals surface area contributed by atoms with Crippen LogP contribution in [0.25, 0.3) is 0 Å². The van der Waals surface area contributed by atoms with Crippen molar-refractivity contribution in [1.82, 2.24) is 5.32 Å². The summed E-state index contributed by atoms with van der Waals surface area (Å²) in [6.45, 7) is 3.03. The van der Waals surface area contributed by atoms with Crippen molar-refractivity contribution in [3.8, 4) is 0 Å². The molecule has 0 saturated carbocycles. The Labute approximate surface area is 163 Å². The van der Waals surface area contributed by atoms with Gasteiger partial charge in [-0.15, -0.1) is 0 Å². The van der Waals surface area contributed by atoms with Gasteiger partial charge in [0.15, 0.2) is 12.3 Å². The third kappa shape index (κ3) is 6.19. The molecule has 0 aromatic heterocycles. The van der Waals surface area contributed by atoms with E-state index < -0.39 is 35.7 Å². The zero-order valence-corrected chi connectivity index (χ0v) is 16.6. The molecule has 0 heterocycles. The van der Waals surface area contributed by atoms with Crippen molar-refractivity contribution >= 4 is 29.2 Å². The number of hydrogen-bond acceptors (Lipinski definition) is 8. The van der Waals surface area contributed by atoms with Gasteiger partial charge in [0, 0.05) is 26.2 Å². The number of rotatable bonds is 9. The fourth-order valence-electron chi connectivity index (χ4n) is 2.44. The second-order valence-electron chi connectivity index (χ2n) is 6.46. The molecule has 10 heteroatoms. The van der Waals surface area contributed by atoms with Crippen LogP contribution in [0, 0.1) is 11.1 Å². The fourth-order valence-corrected chi connectivity index (χ4v) is 2.44. The number of quaternary nitrogens is 1. The van der Waals surface area contributed by atoms with Crippen molar-refractivity contribution < 1.29 is 34.3 Å². The predicted molar refractivity (Wildman–Crippen MR) is 100 cm³/mol. The highest BCUT2D eigenvalue weighted by molar-refractivity contribution is 5.98. The van der Waals surface area contributed by atoms with Gasteiger partial charge in [0.1, 0.15) is 6.04 Å². The average molecular weight is 397 g/mol. The molecule has 0 bridgehead atoms. The number of carbonyl (C=O) groups is 3. The van der Waals surface area contributed by atoms with Crippen molar-refractivity contribution in [2.24, 2.45) is 5.92 Å².